The average Bonchev–Trinajstić information content (AvgIpc) is 3.67. The van der Waals surface area contributed by atoms with E-state index in [1.54, 1.807) is 0 Å². The molecule has 0 bridgehead atoms. The zero-order valence-corrected chi connectivity index (χ0v) is 31.3. The van der Waals surface area contributed by atoms with Crippen LogP contribution in [0.15, 0.2) is 12.1 Å². The van der Waals surface area contributed by atoms with E-state index in [9.17, 15) is 19.2 Å². The molecule has 0 aromatic heterocycles. The van der Waals surface area contributed by atoms with Gasteiger partial charge in [0.25, 0.3) is 0 Å². The molecule has 0 heterocycles. The first kappa shape index (κ1) is 38.9. The fraction of sp³-hybridized carbons (Fsp3) is 0.529. The summed E-state index contributed by atoms with van der Waals surface area (Å²) in [4.78, 5) is 52.5. The van der Waals surface area contributed by atoms with Gasteiger partial charge in [-0.1, -0.05) is 110 Å². The number of ether oxygens (including phenoxy) is 4. The van der Waals surface area contributed by atoms with Crippen molar-refractivity contribution in [1.29, 1.82) is 0 Å². The van der Waals surface area contributed by atoms with E-state index in [0.717, 1.165) is 50.7 Å². The molecule has 2 saturated carbocycles. The van der Waals surface area contributed by atoms with Crippen molar-refractivity contribution in [3.05, 3.63) is 53.4 Å². The maximum Gasteiger partial charge on any atom is 0.423 e. The molecule has 8 nitrogen and oxygen atoms in total. The smallest absolute Gasteiger partial charge is 0.423 e. The molecule has 2 fully saturated rings. The van der Waals surface area contributed by atoms with E-state index in [1.807, 2.05) is 13.8 Å². The summed E-state index contributed by atoms with van der Waals surface area (Å²) < 4.78 is 21.5. The molecular weight excluding hydrogens is 749 g/mol. The van der Waals surface area contributed by atoms with Gasteiger partial charge in [-0.15, -0.1) is 0 Å². The second-order valence-electron chi connectivity index (χ2n) is 13.0. The number of carbonyl (C=O) groups excluding carboxylic acids is 4. The Kier molecular flexibility index (Phi) is 13.6. The molecule has 14 heteroatoms. The number of esters is 4. The van der Waals surface area contributed by atoms with Gasteiger partial charge in [0, 0.05) is 0 Å². The van der Waals surface area contributed by atoms with Gasteiger partial charge in [0.15, 0.2) is 11.5 Å². The van der Waals surface area contributed by atoms with Crippen molar-refractivity contribution in [1.82, 2.24) is 0 Å². The fourth-order valence-corrected chi connectivity index (χ4v) is 7.80. The monoisotopic (exact) mass is 782 g/mol. The summed E-state index contributed by atoms with van der Waals surface area (Å²) in [5.41, 5.74) is -0.908. The lowest BCUT2D eigenvalue weighted by Gasteiger charge is -2.20. The highest BCUT2D eigenvalue weighted by atomic mass is 35.5. The molecule has 2 aliphatic carbocycles. The molecule has 6 unspecified atom stereocenters. The van der Waals surface area contributed by atoms with Crippen LogP contribution in [0.1, 0.15) is 86.9 Å². The second kappa shape index (κ2) is 16.8. The van der Waals surface area contributed by atoms with Crippen molar-refractivity contribution in [3.8, 4) is 11.5 Å². The van der Waals surface area contributed by atoms with Crippen LogP contribution in [0.4, 0.5) is 0 Å². The molecule has 0 saturated heterocycles. The Bertz CT molecular complexity index is 1460. The van der Waals surface area contributed by atoms with Gasteiger partial charge in [-0.25, -0.2) is 19.2 Å². The number of hydrogen-bond acceptors (Lipinski definition) is 8. The molecule has 0 aliphatic heterocycles. The van der Waals surface area contributed by atoms with Crippen LogP contribution in [-0.2, 0) is 19.1 Å². The molecule has 2 aromatic rings. The van der Waals surface area contributed by atoms with Crippen molar-refractivity contribution in [2.75, 3.05) is 13.2 Å². The Balaban J connectivity index is 1.51. The molecule has 2 aromatic carbocycles. The Morgan fingerprint density at radius 1 is 0.625 bits per heavy atom. The zero-order valence-electron chi connectivity index (χ0n) is 26.8. The highest BCUT2D eigenvalue weighted by Crippen LogP contribution is 2.43. The fourth-order valence-electron chi connectivity index (χ4n) is 6.36. The Hall–Kier alpha value is -1.94. The summed E-state index contributed by atoms with van der Waals surface area (Å²) >= 11 is 37.6. The van der Waals surface area contributed by atoms with Crippen LogP contribution in [-0.4, -0.2) is 37.1 Å². The minimum atomic E-state index is -1.64. The van der Waals surface area contributed by atoms with Crippen LogP contribution in [0, 0.1) is 35.5 Å². The zero-order chi connectivity index (χ0) is 35.4. The quantitative estimate of drug-likeness (QED) is 0.101. The van der Waals surface area contributed by atoms with Gasteiger partial charge in [-0.2, -0.15) is 0 Å². The van der Waals surface area contributed by atoms with Gasteiger partial charge in [0.1, 0.15) is 11.1 Å². The van der Waals surface area contributed by atoms with Gasteiger partial charge in [0.05, 0.1) is 43.3 Å². The summed E-state index contributed by atoms with van der Waals surface area (Å²) in [7, 11) is 0. The molecule has 0 spiro atoms. The summed E-state index contributed by atoms with van der Waals surface area (Å²) in [5.74, 6) is -4.28. The predicted octanol–water partition coefficient (Wildman–Crippen LogP) is 10.6. The largest absolute Gasteiger partial charge is 0.462 e. The highest BCUT2D eigenvalue weighted by molar-refractivity contribution is 6.47. The topological polar surface area (TPSA) is 105 Å². The highest BCUT2D eigenvalue weighted by Gasteiger charge is 2.34. The van der Waals surface area contributed by atoms with Crippen LogP contribution in [0.2, 0.25) is 30.1 Å². The van der Waals surface area contributed by atoms with Crippen molar-refractivity contribution in [2.45, 2.75) is 66.2 Å². The molecule has 48 heavy (non-hydrogen) atoms. The lowest BCUT2D eigenvalue weighted by Crippen LogP contribution is -2.28. The molecule has 262 valence electrons. The van der Waals surface area contributed by atoms with E-state index in [0.29, 0.717) is 23.7 Å². The molecular formula is C34H36Cl6O8. The van der Waals surface area contributed by atoms with E-state index >= 15 is 0 Å². The van der Waals surface area contributed by atoms with Crippen molar-refractivity contribution < 1.29 is 38.1 Å². The Morgan fingerprint density at radius 3 is 1.29 bits per heavy atom. The van der Waals surface area contributed by atoms with Crippen molar-refractivity contribution >= 4 is 93.5 Å². The molecule has 2 aliphatic rings. The van der Waals surface area contributed by atoms with Crippen LogP contribution >= 0.6 is 69.6 Å². The SMILES string of the molecule is CC1CCC(C(C)COC(=O)c2c(Cl)c(Cl)cc(Cl)c2OC(=O)C(=O)Oc2c(Cl)cc(Cl)c(Cl)c2C(=O)OCC(C)C2CCC(C)C2)C1. The molecule has 0 amide bonds. The number of halogens is 6. The van der Waals surface area contributed by atoms with Crippen LogP contribution in [0.5, 0.6) is 11.5 Å². The molecule has 6 atom stereocenters. The average molecular weight is 785 g/mol. The lowest BCUT2D eigenvalue weighted by molar-refractivity contribution is -0.156. The maximum absolute atomic E-state index is 13.2. The molecule has 0 N–H and O–H groups in total. The third-order valence-corrected chi connectivity index (χ3v) is 11.4. The number of benzene rings is 2. The van der Waals surface area contributed by atoms with Crippen LogP contribution in [0.25, 0.3) is 0 Å². The summed E-state index contributed by atoms with van der Waals surface area (Å²) in [6.45, 7) is 8.46. The second-order valence-corrected chi connectivity index (χ2v) is 15.4. The summed E-state index contributed by atoms with van der Waals surface area (Å²) in [6, 6.07) is 2.27. The number of rotatable bonds is 10. The van der Waals surface area contributed by atoms with E-state index in [-0.39, 0.29) is 55.2 Å². The Morgan fingerprint density at radius 2 is 0.979 bits per heavy atom. The van der Waals surface area contributed by atoms with Gasteiger partial charge in [-0.05, 0) is 73.3 Å². The normalized spacial score (nSPS) is 21.8. The maximum atomic E-state index is 13.2. The summed E-state index contributed by atoms with van der Waals surface area (Å²) in [5, 5.41) is -1.45. The van der Waals surface area contributed by atoms with Gasteiger partial charge in [-0.3, -0.25) is 0 Å². The first-order valence-corrected chi connectivity index (χ1v) is 18.0. The minimum Gasteiger partial charge on any atom is -0.462 e. The van der Waals surface area contributed by atoms with E-state index in [4.69, 9.17) is 88.6 Å². The lowest BCUT2D eigenvalue weighted by atomic mass is 9.92. The van der Waals surface area contributed by atoms with Crippen LogP contribution < -0.4 is 9.47 Å². The Labute approximate surface area is 309 Å². The number of carbonyl (C=O) groups is 4. The third kappa shape index (κ3) is 9.23. The molecule has 4 rings (SSSR count). The van der Waals surface area contributed by atoms with Crippen LogP contribution in [0.3, 0.4) is 0 Å². The predicted molar refractivity (Wildman–Crippen MR) is 186 cm³/mol. The molecule has 0 radical (unpaired) electrons. The third-order valence-electron chi connectivity index (χ3n) is 9.25. The van der Waals surface area contributed by atoms with Gasteiger partial charge in [0.2, 0.25) is 0 Å². The van der Waals surface area contributed by atoms with Gasteiger partial charge >= 0.3 is 23.9 Å². The van der Waals surface area contributed by atoms with Crippen molar-refractivity contribution in [3.63, 3.8) is 0 Å². The van der Waals surface area contributed by atoms with E-state index < -0.39 is 46.5 Å². The standard InChI is InChI=1S/C34H36Cl6O8/c1-15-5-7-19(9-15)17(3)13-45-31(41)25-27(39)21(35)11-23(37)29(25)47-33(43)34(44)48-30-24(38)12-22(36)28(40)26(30)32(42)46-14-18(4)20-8-6-16(2)10-20/h11-12,15-20H,5-10,13-14H2,1-4H3. The van der Waals surface area contributed by atoms with Gasteiger partial charge < -0.3 is 18.9 Å². The minimum absolute atomic E-state index is 0.0553. The van der Waals surface area contributed by atoms with E-state index in [1.165, 1.54) is 0 Å². The van der Waals surface area contributed by atoms with E-state index in [2.05, 4.69) is 13.8 Å². The summed E-state index contributed by atoms with van der Waals surface area (Å²) in [6.07, 6.45) is 6.29. The van der Waals surface area contributed by atoms with Crippen molar-refractivity contribution in [2.24, 2.45) is 35.5 Å². The first-order valence-electron chi connectivity index (χ1n) is 15.7. The number of hydrogen-bond donors (Lipinski definition) is 0. The first-order chi connectivity index (χ1) is 22.6.